The van der Waals surface area contributed by atoms with E-state index in [4.69, 9.17) is 5.73 Å². The molecular formula is C16H17FN4O. The van der Waals surface area contributed by atoms with Crippen LogP contribution >= 0.6 is 0 Å². The molecule has 1 aliphatic heterocycles. The number of pyridine rings is 1. The van der Waals surface area contributed by atoms with Crippen LogP contribution < -0.4 is 11.1 Å². The summed E-state index contributed by atoms with van der Waals surface area (Å²) in [5.74, 6) is -0.0437. The molecule has 1 fully saturated rings. The fraction of sp³-hybridized carbons (Fsp3) is 0.250. The molecule has 0 spiro atoms. The van der Waals surface area contributed by atoms with Gasteiger partial charge in [0, 0.05) is 31.0 Å². The molecule has 0 saturated carbocycles. The predicted octanol–water partition coefficient (Wildman–Crippen LogP) is 2.14. The number of carbonyl (C=O) groups excluding carboxylic acids is 1. The van der Waals surface area contributed by atoms with Gasteiger partial charge in [0.05, 0.1) is 5.56 Å². The summed E-state index contributed by atoms with van der Waals surface area (Å²) in [7, 11) is 0. The molecule has 22 heavy (non-hydrogen) atoms. The zero-order valence-corrected chi connectivity index (χ0v) is 12.0. The SMILES string of the molecule is NC1CCN(C(=O)c2cccnc2Nc2cccc(F)c2)C1. The number of aromatic nitrogens is 1. The van der Waals surface area contributed by atoms with Gasteiger partial charge in [-0.3, -0.25) is 4.79 Å². The van der Waals surface area contributed by atoms with E-state index in [1.165, 1.54) is 12.1 Å². The summed E-state index contributed by atoms with van der Waals surface area (Å²) in [6.07, 6.45) is 2.40. The van der Waals surface area contributed by atoms with Crippen LogP contribution in [0.15, 0.2) is 42.6 Å². The Hall–Kier alpha value is -2.47. The lowest BCUT2D eigenvalue weighted by molar-refractivity contribution is 0.0791. The first-order chi connectivity index (χ1) is 10.6. The molecule has 1 aromatic heterocycles. The second-order valence-electron chi connectivity index (χ2n) is 5.33. The number of nitrogens with zero attached hydrogens (tertiary/aromatic N) is 2. The number of hydrogen-bond acceptors (Lipinski definition) is 4. The van der Waals surface area contributed by atoms with E-state index in [1.807, 2.05) is 0 Å². The fourth-order valence-electron chi connectivity index (χ4n) is 2.52. The van der Waals surface area contributed by atoms with Crippen molar-refractivity contribution >= 4 is 17.4 Å². The Kier molecular flexibility index (Phi) is 4.02. The molecule has 2 heterocycles. The van der Waals surface area contributed by atoms with Gasteiger partial charge in [-0.1, -0.05) is 6.07 Å². The normalized spacial score (nSPS) is 17.5. The van der Waals surface area contributed by atoms with Crippen LogP contribution in [0.2, 0.25) is 0 Å². The number of likely N-dealkylation sites (tertiary alicyclic amines) is 1. The number of halogens is 1. The van der Waals surface area contributed by atoms with E-state index in [9.17, 15) is 9.18 Å². The van der Waals surface area contributed by atoms with Crippen LogP contribution in [0.5, 0.6) is 0 Å². The van der Waals surface area contributed by atoms with Gasteiger partial charge >= 0.3 is 0 Å². The van der Waals surface area contributed by atoms with Gasteiger partial charge in [0.2, 0.25) is 0 Å². The van der Waals surface area contributed by atoms with Crippen LogP contribution in [-0.4, -0.2) is 34.9 Å². The zero-order valence-electron chi connectivity index (χ0n) is 12.0. The number of amides is 1. The van der Waals surface area contributed by atoms with Crippen molar-refractivity contribution in [2.45, 2.75) is 12.5 Å². The molecule has 3 rings (SSSR count). The van der Waals surface area contributed by atoms with Gasteiger partial charge in [-0.2, -0.15) is 0 Å². The average Bonchev–Trinajstić information content (AvgIpc) is 2.94. The monoisotopic (exact) mass is 300 g/mol. The molecule has 1 unspecified atom stereocenters. The maximum Gasteiger partial charge on any atom is 0.257 e. The molecule has 1 amide bonds. The van der Waals surface area contributed by atoms with Crippen molar-refractivity contribution in [3.63, 3.8) is 0 Å². The lowest BCUT2D eigenvalue weighted by Crippen LogP contribution is -2.32. The van der Waals surface area contributed by atoms with Crippen molar-refractivity contribution < 1.29 is 9.18 Å². The maximum absolute atomic E-state index is 13.3. The van der Waals surface area contributed by atoms with Crippen molar-refractivity contribution in [2.24, 2.45) is 5.73 Å². The molecule has 0 aliphatic carbocycles. The fourth-order valence-corrected chi connectivity index (χ4v) is 2.52. The molecule has 1 saturated heterocycles. The van der Waals surface area contributed by atoms with E-state index in [0.717, 1.165) is 6.42 Å². The molecule has 1 atom stereocenters. The smallest absolute Gasteiger partial charge is 0.257 e. The number of hydrogen-bond donors (Lipinski definition) is 2. The maximum atomic E-state index is 13.3. The van der Waals surface area contributed by atoms with Crippen molar-refractivity contribution in [1.82, 2.24) is 9.88 Å². The van der Waals surface area contributed by atoms with Crippen LogP contribution in [0.25, 0.3) is 0 Å². The van der Waals surface area contributed by atoms with Gasteiger partial charge < -0.3 is 16.0 Å². The third-order valence-corrected chi connectivity index (χ3v) is 3.64. The Labute approximate surface area is 128 Å². The van der Waals surface area contributed by atoms with Crippen molar-refractivity contribution in [3.8, 4) is 0 Å². The third-order valence-electron chi connectivity index (χ3n) is 3.64. The van der Waals surface area contributed by atoms with Crippen molar-refractivity contribution in [1.29, 1.82) is 0 Å². The molecule has 3 N–H and O–H groups in total. The van der Waals surface area contributed by atoms with Gasteiger partial charge in [0.25, 0.3) is 5.91 Å². The van der Waals surface area contributed by atoms with E-state index in [2.05, 4.69) is 10.3 Å². The van der Waals surface area contributed by atoms with Crippen LogP contribution in [-0.2, 0) is 0 Å². The second kappa shape index (κ2) is 6.11. The van der Waals surface area contributed by atoms with Crippen molar-refractivity contribution in [2.75, 3.05) is 18.4 Å². The lowest BCUT2D eigenvalue weighted by Gasteiger charge is -2.18. The van der Waals surface area contributed by atoms with Crippen molar-refractivity contribution in [3.05, 3.63) is 54.0 Å². The minimum absolute atomic E-state index is 0.0280. The first-order valence-electron chi connectivity index (χ1n) is 7.16. The third kappa shape index (κ3) is 3.07. The first-order valence-corrected chi connectivity index (χ1v) is 7.16. The quantitative estimate of drug-likeness (QED) is 0.911. The largest absolute Gasteiger partial charge is 0.339 e. The Morgan fingerprint density at radius 1 is 1.36 bits per heavy atom. The molecule has 1 aromatic carbocycles. The van der Waals surface area contributed by atoms with Crippen LogP contribution in [0.4, 0.5) is 15.9 Å². The summed E-state index contributed by atoms with van der Waals surface area (Å²) < 4.78 is 13.3. The lowest BCUT2D eigenvalue weighted by atomic mass is 10.2. The minimum atomic E-state index is -0.348. The minimum Gasteiger partial charge on any atom is -0.339 e. The summed E-state index contributed by atoms with van der Waals surface area (Å²) in [5, 5.41) is 3.00. The van der Waals surface area contributed by atoms with E-state index in [0.29, 0.717) is 30.2 Å². The topological polar surface area (TPSA) is 71.2 Å². The van der Waals surface area contributed by atoms with Crippen LogP contribution in [0.1, 0.15) is 16.8 Å². The molecule has 0 bridgehead atoms. The van der Waals surface area contributed by atoms with E-state index in [1.54, 1.807) is 35.4 Å². The van der Waals surface area contributed by atoms with Gasteiger partial charge in [0.15, 0.2) is 0 Å². The van der Waals surface area contributed by atoms with E-state index >= 15 is 0 Å². The number of anilines is 2. The second-order valence-corrected chi connectivity index (χ2v) is 5.33. The molecule has 0 radical (unpaired) electrons. The molecular weight excluding hydrogens is 283 g/mol. The van der Waals surface area contributed by atoms with Gasteiger partial charge in [-0.25, -0.2) is 9.37 Å². The van der Waals surface area contributed by atoms with Gasteiger partial charge in [0.1, 0.15) is 11.6 Å². The molecule has 6 heteroatoms. The Bertz CT molecular complexity index is 691. The number of nitrogens with one attached hydrogen (secondary N) is 1. The number of carbonyl (C=O) groups is 1. The number of rotatable bonds is 3. The molecule has 114 valence electrons. The summed E-state index contributed by atoms with van der Waals surface area (Å²) in [4.78, 5) is 18.5. The molecule has 5 nitrogen and oxygen atoms in total. The predicted molar refractivity (Wildman–Crippen MR) is 82.4 cm³/mol. The highest BCUT2D eigenvalue weighted by molar-refractivity contribution is 5.99. The Morgan fingerprint density at radius 2 is 2.23 bits per heavy atom. The van der Waals surface area contributed by atoms with Gasteiger partial charge in [-0.05, 0) is 36.8 Å². The Morgan fingerprint density at radius 3 is 2.95 bits per heavy atom. The standard InChI is InChI=1S/C16H17FN4O/c17-11-3-1-4-13(9-11)20-15-14(5-2-7-19-15)16(22)21-8-6-12(18)10-21/h1-5,7,9,12H,6,8,10,18H2,(H,19,20). The Balaban J connectivity index is 1.85. The van der Waals surface area contributed by atoms with Crippen LogP contribution in [0.3, 0.4) is 0 Å². The van der Waals surface area contributed by atoms with Gasteiger partial charge in [-0.15, -0.1) is 0 Å². The van der Waals surface area contributed by atoms with E-state index in [-0.39, 0.29) is 17.8 Å². The van der Waals surface area contributed by atoms with E-state index < -0.39 is 0 Å². The highest BCUT2D eigenvalue weighted by Gasteiger charge is 2.26. The summed E-state index contributed by atoms with van der Waals surface area (Å²) in [6.45, 7) is 1.20. The zero-order chi connectivity index (χ0) is 15.5. The highest BCUT2D eigenvalue weighted by Crippen LogP contribution is 2.22. The highest BCUT2D eigenvalue weighted by atomic mass is 19.1. The average molecular weight is 300 g/mol. The molecule has 1 aliphatic rings. The number of nitrogens with two attached hydrogens (primary N) is 1. The van der Waals surface area contributed by atoms with Crippen LogP contribution in [0, 0.1) is 5.82 Å². The summed E-state index contributed by atoms with van der Waals surface area (Å²) >= 11 is 0. The summed E-state index contributed by atoms with van der Waals surface area (Å²) in [6, 6.07) is 9.48. The molecule has 2 aromatic rings. The first kappa shape index (κ1) is 14.5. The summed E-state index contributed by atoms with van der Waals surface area (Å²) in [5.41, 5.74) is 6.86. The number of benzene rings is 1.